The highest BCUT2D eigenvalue weighted by Crippen LogP contribution is 2.41. The molecule has 12 heteroatoms. The number of anilines is 1. The van der Waals surface area contributed by atoms with E-state index < -0.39 is 63.9 Å². The Labute approximate surface area is 209 Å². The second-order valence-corrected chi connectivity index (χ2v) is 11.7. The van der Waals surface area contributed by atoms with E-state index in [4.69, 9.17) is 30.4 Å². The SMILES string of the molecule is CC(C)(C)OC(=O)N(C(=O)OC(C)(C)C)c1cc(Cl)c(C(F)(F)F)c(B2OC(C)(C)C(C)(C)O2)c1. The lowest BCUT2D eigenvalue weighted by Crippen LogP contribution is -2.45. The zero-order valence-corrected chi connectivity index (χ0v) is 22.4. The zero-order chi connectivity index (χ0) is 27.4. The zero-order valence-electron chi connectivity index (χ0n) is 21.6. The summed E-state index contributed by atoms with van der Waals surface area (Å²) >= 11 is 6.10. The number of halogens is 4. The first-order chi connectivity index (χ1) is 15.5. The molecule has 0 aliphatic carbocycles. The number of hydrogen-bond acceptors (Lipinski definition) is 6. The largest absolute Gasteiger partial charge is 0.495 e. The van der Waals surface area contributed by atoms with Gasteiger partial charge in [0.25, 0.3) is 0 Å². The van der Waals surface area contributed by atoms with Crippen LogP contribution in [0.3, 0.4) is 0 Å². The number of carbonyl (C=O) groups excluding carboxylic acids is 2. The fraction of sp³-hybridized carbons (Fsp3) is 0.652. The first-order valence-electron chi connectivity index (χ1n) is 11.0. The molecule has 1 aliphatic rings. The number of amides is 2. The Morgan fingerprint density at radius 1 is 0.886 bits per heavy atom. The number of alkyl halides is 3. The number of benzene rings is 1. The fourth-order valence-electron chi connectivity index (χ4n) is 3.10. The molecular formula is C23H32BClF3NO6. The molecule has 1 aromatic rings. The lowest BCUT2D eigenvalue weighted by molar-refractivity contribution is -0.136. The van der Waals surface area contributed by atoms with Gasteiger partial charge in [0.05, 0.1) is 27.5 Å². The van der Waals surface area contributed by atoms with Crippen molar-refractivity contribution in [3.8, 4) is 0 Å². The highest BCUT2D eigenvalue weighted by Gasteiger charge is 2.54. The van der Waals surface area contributed by atoms with Gasteiger partial charge in [0.2, 0.25) is 0 Å². The van der Waals surface area contributed by atoms with Crippen LogP contribution < -0.4 is 10.4 Å². The third kappa shape index (κ3) is 6.83. The number of hydrogen-bond donors (Lipinski definition) is 0. The topological polar surface area (TPSA) is 74.3 Å². The summed E-state index contributed by atoms with van der Waals surface area (Å²) in [7, 11) is -1.48. The van der Waals surface area contributed by atoms with Gasteiger partial charge in [-0.25, -0.2) is 9.59 Å². The molecule has 0 bridgehead atoms. The van der Waals surface area contributed by atoms with E-state index in [1.54, 1.807) is 69.2 Å². The van der Waals surface area contributed by atoms with Crippen molar-refractivity contribution in [1.82, 2.24) is 0 Å². The summed E-state index contributed by atoms with van der Waals surface area (Å²) in [5.74, 6) is 0. The van der Waals surface area contributed by atoms with Gasteiger partial charge in [-0.2, -0.15) is 18.1 Å². The third-order valence-electron chi connectivity index (χ3n) is 5.31. The van der Waals surface area contributed by atoms with Gasteiger partial charge >= 0.3 is 25.5 Å². The van der Waals surface area contributed by atoms with E-state index in [1.165, 1.54) is 0 Å². The molecule has 7 nitrogen and oxygen atoms in total. The lowest BCUT2D eigenvalue weighted by Gasteiger charge is -2.32. The van der Waals surface area contributed by atoms with Crippen molar-refractivity contribution in [3.05, 3.63) is 22.7 Å². The first kappa shape index (κ1) is 29.3. The summed E-state index contributed by atoms with van der Waals surface area (Å²) < 4.78 is 64.4. The molecule has 1 saturated heterocycles. The maximum Gasteiger partial charge on any atom is 0.495 e. The Kier molecular flexibility index (Phi) is 7.65. The van der Waals surface area contributed by atoms with E-state index in [2.05, 4.69) is 0 Å². The third-order valence-corrected chi connectivity index (χ3v) is 5.60. The van der Waals surface area contributed by atoms with Gasteiger partial charge in [-0.05, 0) is 86.8 Å². The molecule has 0 N–H and O–H groups in total. The molecule has 1 aliphatic heterocycles. The maximum atomic E-state index is 14.1. The highest BCUT2D eigenvalue weighted by molar-refractivity contribution is 6.63. The summed E-state index contributed by atoms with van der Waals surface area (Å²) in [6.45, 7) is 16.2. The van der Waals surface area contributed by atoms with Gasteiger partial charge in [-0.15, -0.1) is 0 Å². The molecule has 0 radical (unpaired) electrons. The number of rotatable bonds is 2. The maximum absolute atomic E-state index is 14.1. The van der Waals surface area contributed by atoms with Gasteiger partial charge in [0.15, 0.2) is 0 Å². The van der Waals surface area contributed by atoms with E-state index in [9.17, 15) is 22.8 Å². The Bertz CT molecular complexity index is 955. The van der Waals surface area contributed by atoms with Gasteiger partial charge in [-0.3, -0.25) is 0 Å². The van der Waals surface area contributed by atoms with Crippen LogP contribution in [0.25, 0.3) is 0 Å². The van der Waals surface area contributed by atoms with Crippen LogP contribution in [0.4, 0.5) is 28.4 Å². The van der Waals surface area contributed by atoms with Crippen LogP contribution >= 0.6 is 11.6 Å². The monoisotopic (exact) mass is 521 g/mol. The Hall–Kier alpha value is -1.98. The summed E-state index contributed by atoms with van der Waals surface area (Å²) in [6.07, 6.45) is -7.18. The molecular weight excluding hydrogens is 490 g/mol. The standard InChI is InChI=1S/C23H32BClF3NO6/c1-19(2,3)32-17(30)29(18(31)33-20(4,5)6)13-11-14(16(15(25)12-13)23(26,27)28)24-34-21(7,8)22(9,10)35-24/h11-12H,1-10H3. The van der Waals surface area contributed by atoms with Crippen molar-refractivity contribution in [1.29, 1.82) is 0 Å². The first-order valence-corrected chi connectivity index (χ1v) is 11.4. The quantitative estimate of drug-likeness (QED) is 0.423. The lowest BCUT2D eigenvalue weighted by atomic mass is 9.75. The minimum atomic E-state index is -4.88. The van der Waals surface area contributed by atoms with Crippen LogP contribution in [-0.4, -0.2) is 41.7 Å². The van der Waals surface area contributed by atoms with Gasteiger partial charge in [0.1, 0.15) is 11.2 Å². The number of imide groups is 1. The van der Waals surface area contributed by atoms with Gasteiger partial charge < -0.3 is 18.8 Å². The normalized spacial score (nSPS) is 17.8. The Morgan fingerprint density at radius 2 is 1.29 bits per heavy atom. The molecule has 0 spiro atoms. The average Bonchev–Trinajstić information content (AvgIpc) is 2.77. The van der Waals surface area contributed by atoms with Gasteiger partial charge in [-0.1, -0.05) is 11.6 Å². The van der Waals surface area contributed by atoms with Crippen LogP contribution in [0.2, 0.25) is 5.02 Å². The van der Waals surface area contributed by atoms with E-state index in [1.807, 2.05) is 0 Å². The van der Waals surface area contributed by atoms with Crippen LogP contribution in [0, 0.1) is 0 Å². The Balaban J connectivity index is 2.73. The molecule has 1 fully saturated rings. The number of nitrogens with zero attached hydrogens (tertiary/aromatic N) is 1. The van der Waals surface area contributed by atoms with Crippen LogP contribution in [-0.2, 0) is 25.0 Å². The summed E-state index contributed by atoms with van der Waals surface area (Å²) in [4.78, 5) is 26.5. The highest BCUT2D eigenvalue weighted by atomic mass is 35.5. The van der Waals surface area contributed by atoms with Crippen LogP contribution in [0.15, 0.2) is 12.1 Å². The fourth-order valence-corrected chi connectivity index (χ4v) is 3.43. The van der Waals surface area contributed by atoms with Crippen molar-refractivity contribution in [2.45, 2.75) is 97.8 Å². The summed E-state index contributed by atoms with van der Waals surface area (Å²) in [5.41, 5.74) is -5.93. The average molecular weight is 522 g/mol. The van der Waals surface area contributed by atoms with Crippen LogP contribution in [0.5, 0.6) is 0 Å². The molecule has 0 atom stereocenters. The molecule has 196 valence electrons. The van der Waals surface area contributed by atoms with Gasteiger partial charge in [0, 0.05) is 0 Å². The smallest absolute Gasteiger partial charge is 0.443 e. The minimum absolute atomic E-state index is 0.295. The molecule has 0 aromatic heterocycles. The van der Waals surface area contributed by atoms with E-state index in [0.29, 0.717) is 4.90 Å². The predicted octanol–water partition coefficient (Wildman–Crippen LogP) is 6.33. The minimum Gasteiger partial charge on any atom is -0.443 e. The summed E-state index contributed by atoms with van der Waals surface area (Å²) in [6, 6.07) is 1.83. The van der Waals surface area contributed by atoms with Crippen LogP contribution in [0.1, 0.15) is 74.8 Å². The predicted molar refractivity (Wildman–Crippen MR) is 127 cm³/mol. The van der Waals surface area contributed by atoms with E-state index >= 15 is 0 Å². The molecule has 0 saturated carbocycles. The number of ether oxygens (including phenoxy) is 2. The Morgan fingerprint density at radius 3 is 1.63 bits per heavy atom. The van der Waals surface area contributed by atoms with Crippen molar-refractivity contribution in [2.24, 2.45) is 0 Å². The molecule has 35 heavy (non-hydrogen) atoms. The number of carbonyl (C=O) groups is 2. The second kappa shape index (κ2) is 9.16. The van der Waals surface area contributed by atoms with Crippen molar-refractivity contribution in [2.75, 3.05) is 4.90 Å². The summed E-state index contributed by atoms with van der Waals surface area (Å²) in [5, 5.41) is -0.753. The van der Waals surface area contributed by atoms with Crippen molar-refractivity contribution in [3.63, 3.8) is 0 Å². The second-order valence-electron chi connectivity index (χ2n) is 11.3. The van der Waals surface area contributed by atoms with E-state index in [0.717, 1.165) is 12.1 Å². The molecule has 2 amide bonds. The van der Waals surface area contributed by atoms with Crippen molar-refractivity contribution < 1.29 is 41.5 Å². The molecule has 1 heterocycles. The van der Waals surface area contributed by atoms with Crippen molar-refractivity contribution >= 4 is 42.1 Å². The molecule has 0 unspecified atom stereocenters. The molecule has 1 aromatic carbocycles. The molecule has 2 rings (SSSR count). The van der Waals surface area contributed by atoms with E-state index in [-0.39, 0.29) is 5.69 Å².